The van der Waals surface area contributed by atoms with Gasteiger partial charge in [-0.25, -0.2) is 4.79 Å². The van der Waals surface area contributed by atoms with Crippen LogP contribution in [0.1, 0.15) is 44.0 Å². The molecule has 2 fully saturated rings. The minimum atomic E-state index is -0.602. The minimum absolute atomic E-state index is 0.0136. The van der Waals surface area contributed by atoms with Crippen molar-refractivity contribution in [1.29, 1.82) is 0 Å². The van der Waals surface area contributed by atoms with E-state index >= 15 is 0 Å². The van der Waals surface area contributed by atoms with E-state index in [2.05, 4.69) is 6.92 Å². The Morgan fingerprint density at radius 1 is 1.28 bits per heavy atom. The van der Waals surface area contributed by atoms with E-state index in [1.54, 1.807) is 19.2 Å². The summed E-state index contributed by atoms with van der Waals surface area (Å²) in [6.45, 7) is 6.39. The second kappa shape index (κ2) is 7.44. The van der Waals surface area contributed by atoms with Crippen LogP contribution in [0.2, 0.25) is 0 Å². The number of rotatable bonds is 7. The number of esters is 1. The SMILES string of the molecule is CC[C@@H](OC)C1OC(C)(C)OC1C1C[C@H]1COC(=O)c1ccccc1. The zero-order chi connectivity index (χ0) is 18.0. The molecule has 1 saturated heterocycles. The summed E-state index contributed by atoms with van der Waals surface area (Å²) in [4.78, 5) is 12.1. The van der Waals surface area contributed by atoms with Gasteiger partial charge in [-0.2, -0.15) is 0 Å². The molecule has 25 heavy (non-hydrogen) atoms. The summed E-state index contributed by atoms with van der Waals surface area (Å²) < 4.78 is 23.3. The van der Waals surface area contributed by atoms with E-state index in [0.717, 1.165) is 12.8 Å². The van der Waals surface area contributed by atoms with Gasteiger partial charge in [-0.1, -0.05) is 25.1 Å². The third-order valence-corrected chi connectivity index (χ3v) is 5.07. The molecule has 1 heterocycles. The first-order valence-electron chi connectivity index (χ1n) is 9.05. The van der Waals surface area contributed by atoms with E-state index in [1.807, 2.05) is 32.0 Å². The minimum Gasteiger partial charge on any atom is -0.462 e. The monoisotopic (exact) mass is 348 g/mol. The lowest BCUT2D eigenvalue weighted by Gasteiger charge is -2.24. The van der Waals surface area contributed by atoms with Crippen molar-refractivity contribution < 1.29 is 23.7 Å². The smallest absolute Gasteiger partial charge is 0.338 e. The third-order valence-electron chi connectivity index (χ3n) is 5.07. The maximum atomic E-state index is 12.1. The van der Waals surface area contributed by atoms with Crippen molar-refractivity contribution in [2.24, 2.45) is 11.8 Å². The molecule has 0 spiro atoms. The summed E-state index contributed by atoms with van der Waals surface area (Å²) in [6, 6.07) is 9.09. The molecule has 1 aromatic carbocycles. The molecule has 1 aliphatic heterocycles. The maximum Gasteiger partial charge on any atom is 0.338 e. The first-order chi connectivity index (χ1) is 11.9. The molecule has 5 atom stereocenters. The van der Waals surface area contributed by atoms with Gasteiger partial charge in [0.1, 0.15) is 6.10 Å². The van der Waals surface area contributed by atoms with E-state index in [-0.39, 0.29) is 24.3 Å². The van der Waals surface area contributed by atoms with Crippen LogP contribution in [0.5, 0.6) is 0 Å². The molecule has 1 aromatic rings. The van der Waals surface area contributed by atoms with Crippen molar-refractivity contribution in [3.63, 3.8) is 0 Å². The van der Waals surface area contributed by atoms with Crippen LogP contribution in [-0.4, -0.2) is 43.8 Å². The Balaban J connectivity index is 1.55. The van der Waals surface area contributed by atoms with Gasteiger partial charge in [0.15, 0.2) is 5.79 Å². The van der Waals surface area contributed by atoms with Crippen molar-refractivity contribution in [3.05, 3.63) is 35.9 Å². The highest BCUT2D eigenvalue weighted by Crippen LogP contribution is 2.49. The van der Waals surface area contributed by atoms with Crippen molar-refractivity contribution in [1.82, 2.24) is 0 Å². The number of hydrogen-bond acceptors (Lipinski definition) is 5. The number of carbonyl (C=O) groups excluding carboxylic acids is 1. The van der Waals surface area contributed by atoms with Gasteiger partial charge in [-0.3, -0.25) is 0 Å². The maximum absolute atomic E-state index is 12.1. The Bertz CT molecular complexity index is 581. The van der Waals surface area contributed by atoms with Gasteiger partial charge in [0, 0.05) is 7.11 Å². The lowest BCUT2D eigenvalue weighted by Crippen LogP contribution is -2.38. The topological polar surface area (TPSA) is 54.0 Å². The van der Waals surface area contributed by atoms with Gasteiger partial charge in [0.05, 0.1) is 24.4 Å². The number of methoxy groups -OCH3 is 1. The van der Waals surface area contributed by atoms with Crippen LogP contribution in [0, 0.1) is 11.8 Å². The molecule has 0 radical (unpaired) electrons. The quantitative estimate of drug-likeness (QED) is 0.707. The van der Waals surface area contributed by atoms with E-state index in [4.69, 9.17) is 18.9 Å². The number of carbonyl (C=O) groups is 1. The van der Waals surface area contributed by atoms with E-state index in [1.165, 1.54) is 0 Å². The zero-order valence-electron chi connectivity index (χ0n) is 15.4. The molecule has 0 aromatic heterocycles. The molecule has 1 aliphatic carbocycles. The molecular formula is C20H28O5. The van der Waals surface area contributed by atoms with Crippen LogP contribution in [0.3, 0.4) is 0 Å². The highest BCUT2D eigenvalue weighted by Gasteiger charge is 2.55. The first-order valence-corrected chi connectivity index (χ1v) is 9.05. The third kappa shape index (κ3) is 4.22. The lowest BCUT2D eigenvalue weighted by molar-refractivity contribution is -0.158. The fourth-order valence-electron chi connectivity index (χ4n) is 3.67. The fourth-order valence-corrected chi connectivity index (χ4v) is 3.67. The molecular weight excluding hydrogens is 320 g/mol. The van der Waals surface area contributed by atoms with E-state index in [0.29, 0.717) is 24.0 Å². The summed E-state index contributed by atoms with van der Waals surface area (Å²) in [7, 11) is 1.71. The van der Waals surface area contributed by atoms with Crippen molar-refractivity contribution in [3.8, 4) is 0 Å². The molecule has 3 rings (SSSR count). The standard InChI is InChI=1S/C20H28O5/c1-5-16(22-4)18-17(24-20(2,3)25-18)15-11-14(15)12-23-19(21)13-9-7-6-8-10-13/h6-10,14-18H,5,11-12H2,1-4H3/t14-,15?,16+,17?,18?/m0/s1. The van der Waals surface area contributed by atoms with Crippen LogP contribution >= 0.6 is 0 Å². The van der Waals surface area contributed by atoms with E-state index in [9.17, 15) is 4.79 Å². The molecule has 1 saturated carbocycles. The molecule has 2 aliphatic rings. The summed E-state index contributed by atoms with van der Waals surface area (Å²) in [6.07, 6.45) is 1.78. The molecule has 138 valence electrons. The molecule has 0 N–H and O–H groups in total. The largest absolute Gasteiger partial charge is 0.462 e. The second-order valence-corrected chi connectivity index (χ2v) is 7.37. The Kier molecular flexibility index (Phi) is 5.46. The summed E-state index contributed by atoms with van der Waals surface area (Å²) in [5.41, 5.74) is 0.588. The summed E-state index contributed by atoms with van der Waals surface area (Å²) in [5.74, 6) is -0.198. The van der Waals surface area contributed by atoms with Gasteiger partial charge in [-0.15, -0.1) is 0 Å². The van der Waals surface area contributed by atoms with Gasteiger partial charge in [-0.05, 0) is 50.7 Å². The molecule has 5 heteroatoms. The predicted octanol–water partition coefficient (Wildman–Crippen LogP) is 3.42. The Morgan fingerprint density at radius 3 is 2.64 bits per heavy atom. The Morgan fingerprint density at radius 2 is 2.00 bits per heavy atom. The second-order valence-electron chi connectivity index (χ2n) is 7.37. The van der Waals surface area contributed by atoms with E-state index < -0.39 is 5.79 Å². The first kappa shape index (κ1) is 18.4. The zero-order valence-corrected chi connectivity index (χ0v) is 15.4. The molecule has 5 nitrogen and oxygen atoms in total. The van der Waals surface area contributed by atoms with Gasteiger partial charge < -0.3 is 18.9 Å². The average molecular weight is 348 g/mol. The molecule has 3 unspecified atom stereocenters. The van der Waals surface area contributed by atoms with Crippen molar-refractivity contribution in [2.75, 3.05) is 13.7 Å². The van der Waals surface area contributed by atoms with Crippen LogP contribution < -0.4 is 0 Å². The highest BCUT2D eigenvalue weighted by atomic mass is 16.8. The molecule has 0 bridgehead atoms. The highest BCUT2D eigenvalue weighted by molar-refractivity contribution is 5.89. The lowest BCUT2D eigenvalue weighted by atomic mass is 10.0. The average Bonchev–Trinajstić information content (AvgIpc) is 3.31. The van der Waals surface area contributed by atoms with Crippen LogP contribution in [-0.2, 0) is 18.9 Å². The number of benzene rings is 1. The Hall–Kier alpha value is -1.43. The normalized spacial score (nSPS) is 31.5. The van der Waals surface area contributed by atoms with Crippen LogP contribution in [0.15, 0.2) is 30.3 Å². The van der Waals surface area contributed by atoms with Gasteiger partial charge in [0.25, 0.3) is 0 Å². The van der Waals surface area contributed by atoms with Gasteiger partial charge >= 0.3 is 5.97 Å². The summed E-state index contributed by atoms with van der Waals surface area (Å²) >= 11 is 0. The number of hydrogen-bond donors (Lipinski definition) is 0. The summed E-state index contributed by atoms with van der Waals surface area (Å²) in [5, 5.41) is 0. The fraction of sp³-hybridized carbons (Fsp3) is 0.650. The van der Waals surface area contributed by atoms with Crippen LogP contribution in [0.25, 0.3) is 0 Å². The van der Waals surface area contributed by atoms with Crippen LogP contribution in [0.4, 0.5) is 0 Å². The number of ether oxygens (including phenoxy) is 4. The predicted molar refractivity (Wildman–Crippen MR) is 93.2 cm³/mol. The molecule has 0 amide bonds. The van der Waals surface area contributed by atoms with Gasteiger partial charge in [0.2, 0.25) is 0 Å². The van der Waals surface area contributed by atoms with Crippen molar-refractivity contribution >= 4 is 5.97 Å². The Labute approximate surface area is 149 Å². The van der Waals surface area contributed by atoms with Crippen molar-refractivity contribution in [2.45, 2.75) is 57.7 Å².